The second-order valence-electron chi connectivity index (χ2n) is 7.05. The van der Waals surface area contributed by atoms with E-state index in [1.165, 1.54) is 18.9 Å². The van der Waals surface area contributed by atoms with Crippen LogP contribution in [0.1, 0.15) is 39.5 Å². The van der Waals surface area contributed by atoms with E-state index in [9.17, 15) is 18.5 Å². The zero-order valence-electron chi connectivity index (χ0n) is 14.6. The highest BCUT2D eigenvalue weighted by Crippen LogP contribution is 2.37. The predicted octanol–water partition coefficient (Wildman–Crippen LogP) is 3.65. The molecule has 0 atom stereocenters. The van der Waals surface area contributed by atoms with Crippen LogP contribution in [-0.4, -0.2) is 32.7 Å². The van der Waals surface area contributed by atoms with Crippen LogP contribution in [-0.2, 0) is 9.84 Å². The zero-order valence-corrected chi connectivity index (χ0v) is 15.4. The summed E-state index contributed by atoms with van der Waals surface area (Å²) in [7, 11) is -3.64. The summed E-state index contributed by atoms with van der Waals surface area (Å²) >= 11 is 0. The summed E-state index contributed by atoms with van der Waals surface area (Å²) in [5, 5.41) is 11.5. The maximum absolute atomic E-state index is 11.9. The van der Waals surface area contributed by atoms with E-state index in [1.807, 2.05) is 4.90 Å². The minimum absolute atomic E-state index is 0.202. The summed E-state index contributed by atoms with van der Waals surface area (Å²) in [6, 6.07) is 4.55. The lowest BCUT2D eigenvalue weighted by Gasteiger charge is -2.33. The highest BCUT2D eigenvalue weighted by molar-refractivity contribution is 7.90. The highest BCUT2D eigenvalue weighted by atomic mass is 32.2. The molecule has 7 heteroatoms. The van der Waals surface area contributed by atoms with Crippen LogP contribution < -0.4 is 4.90 Å². The van der Waals surface area contributed by atoms with Crippen molar-refractivity contribution in [1.82, 2.24) is 0 Å². The van der Waals surface area contributed by atoms with Crippen molar-refractivity contribution in [1.29, 1.82) is 0 Å². The third-order valence-corrected chi connectivity index (χ3v) is 5.80. The Bertz CT molecular complexity index is 693. The van der Waals surface area contributed by atoms with Crippen LogP contribution in [0.3, 0.4) is 0 Å². The molecule has 24 heavy (non-hydrogen) atoms. The molecule has 1 saturated heterocycles. The predicted molar refractivity (Wildman–Crippen MR) is 95.2 cm³/mol. The summed E-state index contributed by atoms with van der Waals surface area (Å²) in [4.78, 5) is 12.7. The van der Waals surface area contributed by atoms with Gasteiger partial charge in [0.2, 0.25) is 0 Å². The van der Waals surface area contributed by atoms with Gasteiger partial charge < -0.3 is 4.90 Å². The Morgan fingerprint density at radius 1 is 1.29 bits per heavy atom. The number of hydrogen-bond donors (Lipinski definition) is 0. The Hall–Kier alpha value is -1.63. The average Bonchev–Trinajstić information content (AvgIpc) is 2.51. The molecule has 0 aliphatic carbocycles. The molecule has 6 nitrogen and oxygen atoms in total. The first-order valence-electron chi connectivity index (χ1n) is 8.42. The van der Waals surface area contributed by atoms with E-state index in [0.717, 1.165) is 32.2 Å². The Kier molecular flexibility index (Phi) is 5.85. The highest BCUT2D eigenvalue weighted by Gasteiger charge is 2.30. The van der Waals surface area contributed by atoms with Crippen molar-refractivity contribution in [3.8, 4) is 0 Å². The SMILES string of the molecule is CC(C)CCC1CCN(c2cccc(S(C)(=O)=O)c2[N+](=O)[O-])CC1. The van der Waals surface area contributed by atoms with Gasteiger partial charge in [-0.1, -0.05) is 32.8 Å². The number of sulfone groups is 1. The fourth-order valence-electron chi connectivity index (χ4n) is 3.28. The quantitative estimate of drug-likeness (QED) is 0.575. The maximum Gasteiger partial charge on any atom is 0.311 e. The van der Waals surface area contributed by atoms with Crippen molar-refractivity contribution < 1.29 is 13.3 Å². The number of nitro groups is 1. The maximum atomic E-state index is 11.9. The molecule has 0 amide bonds. The number of para-hydroxylation sites is 1. The van der Waals surface area contributed by atoms with Crippen LogP contribution >= 0.6 is 0 Å². The molecule has 1 aromatic rings. The molecule has 0 unspecified atom stereocenters. The number of hydrogen-bond acceptors (Lipinski definition) is 5. The Morgan fingerprint density at radius 2 is 1.92 bits per heavy atom. The third kappa shape index (κ3) is 4.47. The van der Waals surface area contributed by atoms with Crippen LogP contribution in [0.5, 0.6) is 0 Å². The summed E-state index contributed by atoms with van der Waals surface area (Å²) in [6.07, 6.45) is 5.39. The number of nitro benzene ring substituents is 1. The lowest BCUT2D eigenvalue weighted by Crippen LogP contribution is -2.34. The molecule has 1 fully saturated rings. The molecule has 0 spiro atoms. The van der Waals surface area contributed by atoms with Gasteiger partial charge in [-0.15, -0.1) is 0 Å². The molecule has 0 radical (unpaired) electrons. The van der Waals surface area contributed by atoms with Gasteiger partial charge in [-0.05, 0) is 36.8 Å². The van der Waals surface area contributed by atoms with Crippen LogP contribution in [0.25, 0.3) is 0 Å². The molecule has 0 saturated carbocycles. The molecule has 1 heterocycles. The second kappa shape index (κ2) is 7.51. The molecule has 1 aliphatic heterocycles. The van der Waals surface area contributed by atoms with E-state index in [4.69, 9.17) is 0 Å². The van der Waals surface area contributed by atoms with Gasteiger partial charge >= 0.3 is 5.69 Å². The van der Waals surface area contributed by atoms with E-state index >= 15 is 0 Å². The van der Waals surface area contributed by atoms with Gasteiger partial charge in [-0.25, -0.2) is 8.42 Å². The van der Waals surface area contributed by atoms with Gasteiger partial charge in [0, 0.05) is 19.3 Å². The van der Waals surface area contributed by atoms with E-state index in [0.29, 0.717) is 17.5 Å². The number of anilines is 1. The monoisotopic (exact) mass is 354 g/mol. The van der Waals surface area contributed by atoms with E-state index in [-0.39, 0.29) is 10.6 Å². The smallest absolute Gasteiger partial charge is 0.311 e. The van der Waals surface area contributed by atoms with Crippen molar-refractivity contribution in [2.24, 2.45) is 11.8 Å². The van der Waals surface area contributed by atoms with Crippen molar-refractivity contribution in [2.45, 2.75) is 44.4 Å². The fraction of sp³-hybridized carbons (Fsp3) is 0.647. The molecular weight excluding hydrogens is 328 g/mol. The number of piperidine rings is 1. The molecular formula is C17H26N2O4S. The normalized spacial score (nSPS) is 16.6. The van der Waals surface area contributed by atoms with Crippen LogP contribution in [0.2, 0.25) is 0 Å². The Balaban J connectivity index is 2.20. The number of rotatable bonds is 6. The fourth-order valence-corrected chi connectivity index (χ4v) is 4.14. The van der Waals surface area contributed by atoms with Crippen molar-refractivity contribution in [2.75, 3.05) is 24.2 Å². The van der Waals surface area contributed by atoms with E-state index < -0.39 is 14.8 Å². The average molecular weight is 354 g/mol. The van der Waals surface area contributed by atoms with Gasteiger partial charge in [0.15, 0.2) is 9.84 Å². The van der Waals surface area contributed by atoms with Crippen molar-refractivity contribution in [3.63, 3.8) is 0 Å². The van der Waals surface area contributed by atoms with Gasteiger partial charge in [0.25, 0.3) is 0 Å². The zero-order chi connectivity index (χ0) is 17.9. The van der Waals surface area contributed by atoms with Crippen LogP contribution in [0.15, 0.2) is 23.1 Å². The number of benzene rings is 1. The summed E-state index contributed by atoms with van der Waals surface area (Å²) in [5.74, 6) is 1.34. The summed E-state index contributed by atoms with van der Waals surface area (Å²) < 4.78 is 23.7. The molecule has 2 rings (SSSR count). The molecule has 0 N–H and O–H groups in total. The third-order valence-electron chi connectivity index (χ3n) is 4.67. The topological polar surface area (TPSA) is 80.5 Å². The van der Waals surface area contributed by atoms with E-state index in [2.05, 4.69) is 13.8 Å². The molecule has 0 aromatic heterocycles. The number of nitrogens with zero attached hydrogens (tertiary/aromatic N) is 2. The first-order valence-corrected chi connectivity index (χ1v) is 10.3. The van der Waals surface area contributed by atoms with Gasteiger partial charge in [-0.2, -0.15) is 0 Å². The minimum Gasteiger partial charge on any atom is -0.366 e. The lowest BCUT2D eigenvalue weighted by molar-refractivity contribution is -0.387. The van der Waals surface area contributed by atoms with Crippen LogP contribution in [0.4, 0.5) is 11.4 Å². The lowest BCUT2D eigenvalue weighted by atomic mass is 9.89. The van der Waals surface area contributed by atoms with Gasteiger partial charge in [-0.3, -0.25) is 10.1 Å². The van der Waals surface area contributed by atoms with Gasteiger partial charge in [0.05, 0.1) is 4.92 Å². The summed E-state index contributed by atoms with van der Waals surface area (Å²) in [6.45, 7) is 5.90. The summed E-state index contributed by atoms with van der Waals surface area (Å²) in [5.41, 5.74) is 0.130. The van der Waals surface area contributed by atoms with Crippen molar-refractivity contribution >= 4 is 21.2 Å². The molecule has 1 aromatic carbocycles. The Morgan fingerprint density at radius 3 is 2.42 bits per heavy atom. The molecule has 134 valence electrons. The minimum atomic E-state index is -3.64. The first-order chi connectivity index (χ1) is 11.2. The molecule has 1 aliphatic rings. The van der Waals surface area contributed by atoms with Crippen molar-refractivity contribution in [3.05, 3.63) is 28.3 Å². The second-order valence-corrected chi connectivity index (χ2v) is 9.04. The molecule has 0 bridgehead atoms. The first kappa shape index (κ1) is 18.7. The standard InChI is InChI=1S/C17H26N2O4S/c1-13(2)7-8-14-9-11-18(12-10-14)15-5-4-6-16(24(3,22)23)17(15)19(20)21/h4-6,13-14H,7-12H2,1-3H3. The van der Waals surface area contributed by atoms with E-state index in [1.54, 1.807) is 12.1 Å². The Labute approximate surface area is 143 Å². The van der Waals surface area contributed by atoms with Gasteiger partial charge in [0.1, 0.15) is 10.6 Å². The van der Waals surface area contributed by atoms with Crippen LogP contribution in [0, 0.1) is 22.0 Å². The largest absolute Gasteiger partial charge is 0.366 e.